The zero-order chi connectivity index (χ0) is 13.0. The third-order valence-corrected chi connectivity index (χ3v) is 2.78. The van der Waals surface area contributed by atoms with E-state index < -0.39 is 6.10 Å². The van der Waals surface area contributed by atoms with Crippen LogP contribution in [0.2, 0.25) is 0 Å². The Morgan fingerprint density at radius 1 is 1.22 bits per heavy atom. The molecule has 0 spiro atoms. The molecule has 1 aromatic carbocycles. The predicted molar refractivity (Wildman–Crippen MR) is 71.4 cm³/mol. The smallest absolute Gasteiger partial charge is 0.144 e. The molecule has 0 amide bonds. The molecule has 0 fully saturated rings. The highest BCUT2D eigenvalue weighted by molar-refractivity contribution is 5.34. The number of hydrogen-bond acceptors (Lipinski definition) is 4. The molecule has 0 aliphatic rings. The van der Waals surface area contributed by atoms with E-state index in [4.69, 9.17) is 0 Å². The van der Waals surface area contributed by atoms with Gasteiger partial charge in [0, 0.05) is 12.7 Å². The average molecular weight is 243 g/mol. The fourth-order valence-corrected chi connectivity index (χ4v) is 1.82. The fourth-order valence-electron chi connectivity index (χ4n) is 1.82. The Kier molecular flexibility index (Phi) is 3.89. The summed E-state index contributed by atoms with van der Waals surface area (Å²) in [5.41, 5.74) is 2.87. The predicted octanol–water partition coefficient (Wildman–Crippen LogP) is 2.24. The van der Waals surface area contributed by atoms with E-state index in [9.17, 15) is 5.11 Å². The summed E-state index contributed by atoms with van der Waals surface area (Å²) in [6.45, 7) is 4.30. The minimum atomic E-state index is -0.548. The quantitative estimate of drug-likeness (QED) is 0.864. The lowest BCUT2D eigenvalue weighted by Crippen LogP contribution is -2.14. The van der Waals surface area contributed by atoms with Crippen molar-refractivity contribution in [3.05, 3.63) is 53.5 Å². The van der Waals surface area contributed by atoms with Gasteiger partial charge < -0.3 is 10.4 Å². The van der Waals surface area contributed by atoms with E-state index in [1.54, 1.807) is 12.4 Å². The second-order valence-corrected chi connectivity index (χ2v) is 4.30. The first-order chi connectivity index (χ1) is 8.66. The first-order valence-corrected chi connectivity index (χ1v) is 5.93. The molecule has 0 aliphatic heterocycles. The van der Waals surface area contributed by atoms with Crippen molar-refractivity contribution in [2.45, 2.75) is 20.0 Å². The summed E-state index contributed by atoms with van der Waals surface area (Å²) < 4.78 is 0. The number of hydrogen-bond donors (Lipinski definition) is 2. The van der Waals surface area contributed by atoms with E-state index in [2.05, 4.69) is 15.3 Å². The zero-order valence-corrected chi connectivity index (χ0v) is 10.6. The van der Waals surface area contributed by atoms with E-state index >= 15 is 0 Å². The maximum atomic E-state index is 10.1. The topological polar surface area (TPSA) is 58.0 Å². The van der Waals surface area contributed by atoms with Gasteiger partial charge in [-0.05, 0) is 25.0 Å². The molecule has 0 saturated heterocycles. The summed E-state index contributed by atoms with van der Waals surface area (Å²) in [5.74, 6) is 0.683. The Labute approximate surface area is 107 Å². The van der Waals surface area contributed by atoms with Gasteiger partial charge in [0.05, 0.1) is 18.0 Å². The van der Waals surface area contributed by atoms with Gasteiger partial charge in [-0.3, -0.25) is 4.98 Å². The number of aryl methyl sites for hydroxylation is 2. The second kappa shape index (κ2) is 5.60. The van der Waals surface area contributed by atoms with Gasteiger partial charge in [-0.2, -0.15) is 0 Å². The third-order valence-electron chi connectivity index (χ3n) is 2.78. The molecule has 4 nitrogen and oxygen atoms in total. The second-order valence-electron chi connectivity index (χ2n) is 4.30. The van der Waals surface area contributed by atoms with E-state index in [0.717, 1.165) is 16.8 Å². The summed E-state index contributed by atoms with van der Waals surface area (Å²) in [6, 6.07) is 7.82. The average Bonchev–Trinajstić information content (AvgIpc) is 2.37. The summed E-state index contributed by atoms with van der Waals surface area (Å²) in [7, 11) is 0. The lowest BCUT2D eigenvalue weighted by molar-refractivity contribution is 0.191. The van der Waals surface area contributed by atoms with Crippen LogP contribution in [0.4, 0.5) is 5.82 Å². The minimum Gasteiger partial charge on any atom is -0.387 e. The van der Waals surface area contributed by atoms with Gasteiger partial charge in [0.15, 0.2) is 0 Å². The van der Waals surface area contributed by atoms with Gasteiger partial charge in [-0.25, -0.2) is 4.98 Å². The number of rotatable bonds is 4. The number of aromatic nitrogens is 2. The molecule has 1 heterocycles. The molecule has 0 saturated carbocycles. The van der Waals surface area contributed by atoms with E-state index in [0.29, 0.717) is 12.4 Å². The molecular weight excluding hydrogens is 226 g/mol. The van der Waals surface area contributed by atoms with Crippen LogP contribution in [0.5, 0.6) is 0 Å². The standard InChI is InChI=1S/C14H17N3O/c1-10-5-3-4-6-12(10)13(18)8-16-14-9-15-7-11(2)17-14/h3-7,9,13,18H,8H2,1-2H3,(H,16,17). The lowest BCUT2D eigenvalue weighted by Gasteiger charge is -2.14. The number of nitrogens with zero attached hydrogens (tertiary/aromatic N) is 2. The summed E-state index contributed by atoms with van der Waals surface area (Å²) in [6.07, 6.45) is 2.80. The molecule has 1 aromatic heterocycles. The van der Waals surface area contributed by atoms with Crippen LogP contribution in [0, 0.1) is 13.8 Å². The molecule has 0 aliphatic carbocycles. The zero-order valence-electron chi connectivity index (χ0n) is 10.6. The summed E-state index contributed by atoms with van der Waals surface area (Å²) in [4.78, 5) is 8.32. The van der Waals surface area contributed by atoms with Crippen LogP contribution in [0.3, 0.4) is 0 Å². The van der Waals surface area contributed by atoms with Gasteiger partial charge >= 0.3 is 0 Å². The number of benzene rings is 1. The van der Waals surface area contributed by atoms with E-state index in [-0.39, 0.29) is 0 Å². The van der Waals surface area contributed by atoms with Gasteiger partial charge in [0.1, 0.15) is 5.82 Å². The number of anilines is 1. The van der Waals surface area contributed by atoms with E-state index in [1.165, 1.54) is 0 Å². The molecule has 18 heavy (non-hydrogen) atoms. The minimum absolute atomic E-state index is 0.420. The van der Waals surface area contributed by atoms with Crippen molar-refractivity contribution in [1.82, 2.24) is 9.97 Å². The van der Waals surface area contributed by atoms with Crippen molar-refractivity contribution in [3.63, 3.8) is 0 Å². The van der Waals surface area contributed by atoms with Crippen molar-refractivity contribution in [1.29, 1.82) is 0 Å². The van der Waals surface area contributed by atoms with Gasteiger partial charge in [-0.1, -0.05) is 24.3 Å². The molecule has 2 aromatic rings. The fraction of sp³-hybridized carbons (Fsp3) is 0.286. The van der Waals surface area contributed by atoms with Crippen molar-refractivity contribution < 1.29 is 5.11 Å². The molecule has 0 bridgehead atoms. The molecular formula is C14H17N3O. The van der Waals surface area contributed by atoms with Crippen LogP contribution in [0.15, 0.2) is 36.7 Å². The highest BCUT2D eigenvalue weighted by atomic mass is 16.3. The van der Waals surface area contributed by atoms with E-state index in [1.807, 2.05) is 38.1 Å². The molecule has 94 valence electrons. The molecule has 0 radical (unpaired) electrons. The van der Waals surface area contributed by atoms with Crippen LogP contribution in [-0.4, -0.2) is 21.6 Å². The van der Waals surface area contributed by atoms with Crippen LogP contribution >= 0.6 is 0 Å². The maximum absolute atomic E-state index is 10.1. The van der Waals surface area contributed by atoms with Crippen LogP contribution < -0.4 is 5.32 Å². The lowest BCUT2D eigenvalue weighted by atomic mass is 10.0. The normalized spacial score (nSPS) is 12.2. The molecule has 1 atom stereocenters. The number of aliphatic hydroxyl groups excluding tert-OH is 1. The Balaban J connectivity index is 2.00. The Morgan fingerprint density at radius 3 is 2.72 bits per heavy atom. The Morgan fingerprint density at radius 2 is 2.00 bits per heavy atom. The largest absolute Gasteiger partial charge is 0.387 e. The molecule has 2 N–H and O–H groups in total. The van der Waals surface area contributed by atoms with Crippen molar-refractivity contribution in [3.8, 4) is 0 Å². The number of nitrogens with one attached hydrogen (secondary N) is 1. The maximum Gasteiger partial charge on any atom is 0.144 e. The van der Waals surface area contributed by atoms with Crippen LogP contribution in [-0.2, 0) is 0 Å². The SMILES string of the molecule is Cc1cncc(NCC(O)c2ccccc2C)n1. The molecule has 1 unspecified atom stereocenters. The van der Waals surface area contributed by atoms with Crippen molar-refractivity contribution in [2.75, 3.05) is 11.9 Å². The molecule has 4 heteroatoms. The third kappa shape index (κ3) is 3.05. The van der Waals surface area contributed by atoms with Gasteiger partial charge in [0.2, 0.25) is 0 Å². The van der Waals surface area contributed by atoms with Gasteiger partial charge in [-0.15, -0.1) is 0 Å². The van der Waals surface area contributed by atoms with Crippen LogP contribution in [0.1, 0.15) is 22.9 Å². The van der Waals surface area contributed by atoms with Crippen LogP contribution in [0.25, 0.3) is 0 Å². The highest BCUT2D eigenvalue weighted by Crippen LogP contribution is 2.17. The Hall–Kier alpha value is -1.94. The first kappa shape index (κ1) is 12.5. The highest BCUT2D eigenvalue weighted by Gasteiger charge is 2.09. The summed E-state index contributed by atoms with van der Waals surface area (Å²) >= 11 is 0. The first-order valence-electron chi connectivity index (χ1n) is 5.93. The molecule has 2 rings (SSSR count). The monoisotopic (exact) mass is 243 g/mol. The van der Waals surface area contributed by atoms with Crippen molar-refractivity contribution >= 4 is 5.82 Å². The van der Waals surface area contributed by atoms with Gasteiger partial charge in [0.25, 0.3) is 0 Å². The summed E-state index contributed by atoms with van der Waals surface area (Å²) in [5, 5.41) is 13.2. The number of aliphatic hydroxyl groups is 1. The van der Waals surface area contributed by atoms with Crippen molar-refractivity contribution in [2.24, 2.45) is 0 Å². The Bertz CT molecular complexity index is 528.